The molecular weight excluding hydrogens is 230 g/mol. The van der Waals surface area contributed by atoms with Gasteiger partial charge in [-0.15, -0.1) is 0 Å². The van der Waals surface area contributed by atoms with Crippen LogP contribution in [-0.2, 0) is 9.53 Å². The van der Waals surface area contributed by atoms with E-state index in [4.69, 9.17) is 10.00 Å². The summed E-state index contributed by atoms with van der Waals surface area (Å²) in [5.41, 5.74) is 1.93. The molecule has 18 heavy (non-hydrogen) atoms. The summed E-state index contributed by atoms with van der Waals surface area (Å²) in [6, 6.07) is 3.77. The van der Waals surface area contributed by atoms with Crippen LogP contribution in [-0.4, -0.2) is 23.8 Å². The van der Waals surface area contributed by atoms with Gasteiger partial charge in [-0.3, -0.25) is 4.79 Å². The zero-order valence-corrected chi connectivity index (χ0v) is 10.7. The Kier molecular flexibility index (Phi) is 5.00. The van der Waals surface area contributed by atoms with Gasteiger partial charge in [0.05, 0.1) is 12.7 Å². The number of hydrogen-bond donors (Lipinski definition) is 0. The first kappa shape index (κ1) is 13.8. The third-order valence-corrected chi connectivity index (χ3v) is 2.21. The Morgan fingerprint density at radius 3 is 2.94 bits per heavy atom. The molecule has 1 aromatic rings. The minimum Gasteiger partial charge on any atom is -0.465 e. The molecule has 0 aliphatic rings. The predicted octanol–water partition coefficient (Wildman–Crippen LogP) is 2.10. The van der Waals surface area contributed by atoms with E-state index in [1.54, 1.807) is 13.1 Å². The van der Waals surface area contributed by atoms with Crippen LogP contribution in [0.5, 0.6) is 0 Å². The minimum absolute atomic E-state index is 0.243. The number of esters is 1. The summed E-state index contributed by atoms with van der Waals surface area (Å²) < 4.78 is 4.76. The van der Waals surface area contributed by atoms with Gasteiger partial charge < -0.3 is 4.74 Å². The number of aryl methyl sites for hydroxylation is 2. The van der Waals surface area contributed by atoms with Crippen LogP contribution in [0.4, 0.5) is 5.82 Å². The number of aromatic nitrogens is 1. The molecular formula is C13H15N3O2. The number of aliphatic imine (C=N–C) groups is 1. The number of nitrogens with zero attached hydrogens (tertiary/aromatic N) is 3. The monoisotopic (exact) mass is 245 g/mol. The Morgan fingerprint density at radius 1 is 1.67 bits per heavy atom. The fraction of sp³-hybridized carbons (Fsp3) is 0.385. The summed E-state index contributed by atoms with van der Waals surface area (Å²) in [6.07, 6.45) is 2.95. The second kappa shape index (κ2) is 6.50. The van der Waals surface area contributed by atoms with E-state index in [1.165, 1.54) is 6.21 Å². The van der Waals surface area contributed by atoms with Crippen LogP contribution < -0.4 is 0 Å². The summed E-state index contributed by atoms with van der Waals surface area (Å²) >= 11 is 0. The highest BCUT2D eigenvalue weighted by molar-refractivity contribution is 5.93. The molecule has 0 aliphatic heterocycles. The summed E-state index contributed by atoms with van der Waals surface area (Å²) in [4.78, 5) is 19.6. The first-order chi connectivity index (χ1) is 8.58. The maximum atomic E-state index is 11.4. The average Bonchev–Trinajstić information content (AvgIpc) is 2.32. The average molecular weight is 245 g/mol. The third-order valence-electron chi connectivity index (χ3n) is 2.21. The first-order valence-corrected chi connectivity index (χ1v) is 5.62. The van der Waals surface area contributed by atoms with E-state index in [0.717, 1.165) is 11.1 Å². The maximum absolute atomic E-state index is 11.4. The van der Waals surface area contributed by atoms with Gasteiger partial charge in [-0.1, -0.05) is 6.07 Å². The van der Waals surface area contributed by atoms with Crippen LogP contribution in [0, 0.1) is 31.1 Å². The highest BCUT2D eigenvalue weighted by Crippen LogP contribution is 2.15. The SMILES string of the molecule is CCOC(=O)C(C#N)C=Nc1ncc(C)cc1C. The van der Waals surface area contributed by atoms with Crippen molar-refractivity contribution in [2.24, 2.45) is 10.9 Å². The van der Waals surface area contributed by atoms with E-state index in [1.807, 2.05) is 26.0 Å². The van der Waals surface area contributed by atoms with Crippen LogP contribution in [0.3, 0.4) is 0 Å². The quantitative estimate of drug-likeness (QED) is 0.601. The van der Waals surface area contributed by atoms with E-state index in [0.29, 0.717) is 5.82 Å². The summed E-state index contributed by atoms with van der Waals surface area (Å²) in [5, 5.41) is 8.85. The number of nitriles is 1. The lowest BCUT2D eigenvalue weighted by Crippen LogP contribution is -2.17. The van der Waals surface area contributed by atoms with Gasteiger partial charge in [0.1, 0.15) is 0 Å². The lowest BCUT2D eigenvalue weighted by molar-refractivity contribution is -0.143. The van der Waals surface area contributed by atoms with Crippen molar-refractivity contribution >= 4 is 18.0 Å². The number of rotatable bonds is 4. The van der Waals surface area contributed by atoms with Gasteiger partial charge in [-0.2, -0.15) is 5.26 Å². The molecule has 0 saturated heterocycles. The van der Waals surface area contributed by atoms with Crippen LogP contribution >= 0.6 is 0 Å². The molecule has 0 aromatic carbocycles. The molecule has 0 fully saturated rings. The fourth-order valence-corrected chi connectivity index (χ4v) is 1.37. The van der Waals surface area contributed by atoms with Crippen LogP contribution in [0.1, 0.15) is 18.1 Å². The van der Waals surface area contributed by atoms with Crippen molar-refractivity contribution < 1.29 is 9.53 Å². The van der Waals surface area contributed by atoms with Gasteiger partial charge in [-0.25, -0.2) is 9.98 Å². The van der Waals surface area contributed by atoms with E-state index in [9.17, 15) is 4.79 Å². The summed E-state index contributed by atoms with van der Waals surface area (Å²) in [5.74, 6) is -1.08. The van der Waals surface area contributed by atoms with Crippen molar-refractivity contribution in [3.05, 3.63) is 23.4 Å². The molecule has 5 heteroatoms. The lowest BCUT2D eigenvalue weighted by Gasteiger charge is -2.03. The Labute approximate surface area is 106 Å². The molecule has 0 bridgehead atoms. The van der Waals surface area contributed by atoms with E-state index < -0.39 is 11.9 Å². The standard InChI is InChI=1S/C13H15N3O2/c1-4-18-13(17)11(6-14)8-16-12-10(3)5-9(2)7-15-12/h5,7-8,11H,4H2,1-3H3. The molecule has 1 unspecified atom stereocenters. The molecule has 94 valence electrons. The molecule has 0 radical (unpaired) electrons. The molecule has 0 amide bonds. The second-order valence-corrected chi connectivity index (χ2v) is 3.79. The Balaban J connectivity index is 2.84. The van der Waals surface area contributed by atoms with Crippen molar-refractivity contribution in [3.63, 3.8) is 0 Å². The summed E-state index contributed by atoms with van der Waals surface area (Å²) in [7, 11) is 0. The molecule has 1 rings (SSSR count). The van der Waals surface area contributed by atoms with Gasteiger partial charge in [0.15, 0.2) is 11.7 Å². The second-order valence-electron chi connectivity index (χ2n) is 3.79. The van der Waals surface area contributed by atoms with Gasteiger partial charge in [0.2, 0.25) is 0 Å². The van der Waals surface area contributed by atoms with Crippen molar-refractivity contribution in [3.8, 4) is 6.07 Å². The Bertz CT molecular complexity index is 503. The van der Waals surface area contributed by atoms with Gasteiger partial charge in [0, 0.05) is 12.4 Å². The number of carbonyl (C=O) groups is 1. The number of carbonyl (C=O) groups excluding carboxylic acids is 1. The lowest BCUT2D eigenvalue weighted by atomic mass is 10.2. The van der Waals surface area contributed by atoms with Crippen molar-refractivity contribution in [1.29, 1.82) is 5.26 Å². The molecule has 1 atom stereocenters. The number of ether oxygens (including phenoxy) is 1. The van der Waals surface area contributed by atoms with Crippen LogP contribution in [0.15, 0.2) is 17.3 Å². The zero-order chi connectivity index (χ0) is 13.5. The molecule has 0 spiro atoms. The smallest absolute Gasteiger partial charge is 0.328 e. The van der Waals surface area contributed by atoms with E-state index in [-0.39, 0.29) is 6.61 Å². The van der Waals surface area contributed by atoms with E-state index >= 15 is 0 Å². The molecule has 0 aliphatic carbocycles. The Morgan fingerprint density at radius 2 is 2.39 bits per heavy atom. The molecule has 1 aromatic heterocycles. The minimum atomic E-state index is -0.993. The van der Waals surface area contributed by atoms with Crippen molar-refractivity contribution in [2.75, 3.05) is 6.61 Å². The number of pyridine rings is 1. The highest BCUT2D eigenvalue weighted by Gasteiger charge is 2.16. The summed E-state index contributed by atoms with van der Waals surface area (Å²) in [6.45, 7) is 5.74. The number of hydrogen-bond acceptors (Lipinski definition) is 5. The molecule has 5 nitrogen and oxygen atoms in total. The first-order valence-electron chi connectivity index (χ1n) is 5.62. The zero-order valence-electron chi connectivity index (χ0n) is 10.7. The largest absolute Gasteiger partial charge is 0.465 e. The van der Waals surface area contributed by atoms with Gasteiger partial charge in [-0.05, 0) is 31.9 Å². The Hall–Kier alpha value is -2.22. The van der Waals surface area contributed by atoms with Gasteiger partial charge in [0.25, 0.3) is 0 Å². The van der Waals surface area contributed by atoms with Crippen LogP contribution in [0.2, 0.25) is 0 Å². The van der Waals surface area contributed by atoms with Crippen molar-refractivity contribution in [2.45, 2.75) is 20.8 Å². The molecule has 0 N–H and O–H groups in total. The van der Waals surface area contributed by atoms with Crippen LogP contribution in [0.25, 0.3) is 0 Å². The predicted molar refractivity (Wildman–Crippen MR) is 67.6 cm³/mol. The van der Waals surface area contributed by atoms with Crippen molar-refractivity contribution in [1.82, 2.24) is 4.98 Å². The van der Waals surface area contributed by atoms with Gasteiger partial charge >= 0.3 is 5.97 Å². The van der Waals surface area contributed by atoms with E-state index in [2.05, 4.69) is 9.98 Å². The highest BCUT2D eigenvalue weighted by atomic mass is 16.5. The molecule has 1 heterocycles. The third kappa shape index (κ3) is 3.67. The normalized spacial score (nSPS) is 12.1. The molecule has 0 saturated carbocycles. The topological polar surface area (TPSA) is 75.3 Å². The fourth-order valence-electron chi connectivity index (χ4n) is 1.37. The maximum Gasteiger partial charge on any atom is 0.328 e.